The van der Waals surface area contributed by atoms with Gasteiger partial charge >= 0.3 is 0 Å². The Morgan fingerprint density at radius 2 is 1.17 bits per heavy atom. The Hall–Kier alpha value is -4.10. The Balaban J connectivity index is 1.51. The van der Waals surface area contributed by atoms with Crippen LogP contribution in [0.3, 0.4) is 0 Å². The predicted molar refractivity (Wildman–Crippen MR) is 148 cm³/mol. The number of hydrogen-bond acceptors (Lipinski definition) is 1. The van der Waals surface area contributed by atoms with Crippen LogP contribution in [0, 0.1) is 0 Å². The fourth-order valence-electron chi connectivity index (χ4n) is 5.53. The summed E-state index contributed by atoms with van der Waals surface area (Å²) in [5.74, 6) is 0. The maximum atomic E-state index is 2.41. The van der Waals surface area contributed by atoms with Crippen molar-refractivity contribution in [1.29, 1.82) is 0 Å². The Morgan fingerprint density at radius 1 is 0.543 bits per heavy atom. The second-order valence-corrected chi connectivity index (χ2v) is 9.86. The zero-order valence-electron chi connectivity index (χ0n) is 20.3. The number of anilines is 3. The average Bonchev–Trinajstić information content (AvgIpc) is 3.13. The van der Waals surface area contributed by atoms with Gasteiger partial charge in [0.2, 0.25) is 0 Å². The summed E-state index contributed by atoms with van der Waals surface area (Å²) < 4.78 is 0. The maximum Gasteiger partial charge on any atom is 0.0496 e. The van der Waals surface area contributed by atoms with Gasteiger partial charge in [-0.25, -0.2) is 0 Å². The van der Waals surface area contributed by atoms with Crippen LogP contribution < -0.4 is 4.90 Å². The number of fused-ring (bicyclic) bond motifs is 3. The largest absolute Gasteiger partial charge is 0.310 e. The lowest BCUT2D eigenvalue weighted by molar-refractivity contribution is 0.660. The summed E-state index contributed by atoms with van der Waals surface area (Å²) in [6.45, 7) is 4.69. The quantitative estimate of drug-likeness (QED) is 0.258. The zero-order chi connectivity index (χ0) is 23.8. The van der Waals surface area contributed by atoms with Crippen molar-refractivity contribution < 1.29 is 0 Å². The summed E-state index contributed by atoms with van der Waals surface area (Å²) in [5.41, 5.74) is 11.7. The van der Waals surface area contributed by atoms with Crippen LogP contribution in [0.1, 0.15) is 36.1 Å². The average molecular weight is 452 g/mol. The van der Waals surface area contributed by atoms with E-state index in [0.29, 0.717) is 0 Å². The van der Waals surface area contributed by atoms with Crippen molar-refractivity contribution in [3.8, 4) is 11.1 Å². The van der Waals surface area contributed by atoms with E-state index in [1.54, 1.807) is 0 Å². The lowest BCUT2D eigenvalue weighted by Gasteiger charge is -2.29. The third-order valence-corrected chi connectivity index (χ3v) is 7.31. The standard InChI is InChI=1S/C34H29N/c1-34(2)31-19-11-10-18-29(31)30-22-21-28(24-32(30)34)35(27-16-7-4-8-17-27)33-20-12-9-15-26(33)23-25-13-5-3-6-14-25/h3-22,24H,23H2,1-2H3. The van der Waals surface area contributed by atoms with Crippen LogP contribution in [-0.2, 0) is 11.8 Å². The smallest absolute Gasteiger partial charge is 0.0496 e. The first kappa shape index (κ1) is 21.4. The number of rotatable bonds is 5. The van der Waals surface area contributed by atoms with Crippen molar-refractivity contribution in [2.75, 3.05) is 4.90 Å². The molecule has 1 heteroatoms. The summed E-state index contributed by atoms with van der Waals surface area (Å²) in [6, 6.07) is 46.1. The van der Waals surface area contributed by atoms with E-state index in [2.05, 4.69) is 146 Å². The van der Waals surface area contributed by atoms with Gasteiger partial charge in [-0.2, -0.15) is 0 Å². The van der Waals surface area contributed by atoms with E-state index in [9.17, 15) is 0 Å². The Labute approximate surface area is 208 Å². The van der Waals surface area contributed by atoms with E-state index >= 15 is 0 Å². The molecule has 6 rings (SSSR count). The van der Waals surface area contributed by atoms with E-state index in [4.69, 9.17) is 0 Å². The molecule has 0 aromatic heterocycles. The molecule has 0 heterocycles. The van der Waals surface area contributed by atoms with Gasteiger partial charge in [0.05, 0.1) is 0 Å². The first-order valence-corrected chi connectivity index (χ1v) is 12.3. The summed E-state index contributed by atoms with van der Waals surface area (Å²) in [5, 5.41) is 0. The number of benzene rings is 5. The minimum absolute atomic E-state index is 0.0339. The highest BCUT2D eigenvalue weighted by molar-refractivity contribution is 5.86. The molecule has 5 aromatic rings. The minimum atomic E-state index is -0.0339. The molecule has 0 saturated heterocycles. The van der Waals surface area contributed by atoms with E-state index in [0.717, 1.165) is 6.42 Å². The molecule has 170 valence electrons. The Kier molecular flexibility index (Phi) is 5.26. The van der Waals surface area contributed by atoms with Gasteiger partial charge in [-0.05, 0) is 70.1 Å². The molecule has 0 fully saturated rings. The molecule has 0 bridgehead atoms. The van der Waals surface area contributed by atoms with E-state index < -0.39 is 0 Å². The molecule has 0 unspecified atom stereocenters. The lowest BCUT2D eigenvalue weighted by Crippen LogP contribution is -2.17. The first-order chi connectivity index (χ1) is 17.1. The predicted octanol–water partition coefficient (Wildman–Crippen LogP) is 9.05. The van der Waals surface area contributed by atoms with Gasteiger partial charge in [-0.15, -0.1) is 0 Å². The van der Waals surface area contributed by atoms with Crippen molar-refractivity contribution >= 4 is 17.1 Å². The molecule has 1 aliphatic carbocycles. The number of para-hydroxylation sites is 2. The topological polar surface area (TPSA) is 3.24 Å². The van der Waals surface area contributed by atoms with Crippen LogP contribution in [-0.4, -0.2) is 0 Å². The second-order valence-electron chi connectivity index (χ2n) is 9.86. The van der Waals surface area contributed by atoms with Crippen molar-refractivity contribution in [2.45, 2.75) is 25.7 Å². The molecule has 0 aliphatic heterocycles. The van der Waals surface area contributed by atoms with Crippen molar-refractivity contribution in [2.24, 2.45) is 0 Å². The van der Waals surface area contributed by atoms with Crippen LogP contribution in [0.2, 0.25) is 0 Å². The van der Waals surface area contributed by atoms with Crippen LogP contribution >= 0.6 is 0 Å². The summed E-state index contributed by atoms with van der Waals surface area (Å²) in [7, 11) is 0. The molecule has 0 amide bonds. The zero-order valence-corrected chi connectivity index (χ0v) is 20.3. The van der Waals surface area contributed by atoms with E-state index in [-0.39, 0.29) is 5.41 Å². The van der Waals surface area contributed by atoms with Gasteiger partial charge < -0.3 is 4.90 Å². The van der Waals surface area contributed by atoms with Crippen molar-refractivity contribution in [3.05, 3.63) is 150 Å². The SMILES string of the molecule is CC1(C)c2ccccc2-c2ccc(N(c3ccccc3)c3ccccc3Cc3ccccc3)cc21. The Bertz CT molecular complexity index is 1480. The van der Waals surface area contributed by atoms with Crippen LogP contribution in [0.15, 0.2) is 127 Å². The molecule has 5 aromatic carbocycles. The fraction of sp³-hybridized carbons (Fsp3) is 0.118. The number of hydrogen-bond donors (Lipinski definition) is 0. The number of nitrogens with zero attached hydrogens (tertiary/aromatic N) is 1. The van der Waals surface area contributed by atoms with Gasteiger partial charge in [-0.3, -0.25) is 0 Å². The summed E-state index contributed by atoms with van der Waals surface area (Å²) >= 11 is 0. The van der Waals surface area contributed by atoms with Gasteiger partial charge in [0.15, 0.2) is 0 Å². The molecule has 0 N–H and O–H groups in total. The summed E-state index contributed by atoms with van der Waals surface area (Å²) in [4.78, 5) is 2.41. The maximum absolute atomic E-state index is 2.41. The third kappa shape index (κ3) is 3.74. The first-order valence-electron chi connectivity index (χ1n) is 12.3. The molecule has 0 spiro atoms. The van der Waals surface area contributed by atoms with Crippen LogP contribution in [0.4, 0.5) is 17.1 Å². The molecular weight excluding hydrogens is 422 g/mol. The van der Waals surface area contributed by atoms with E-state index in [1.807, 2.05) is 0 Å². The van der Waals surface area contributed by atoms with Gasteiger partial charge in [0.1, 0.15) is 0 Å². The molecule has 0 atom stereocenters. The van der Waals surface area contributed by atoms with Gasteiger partial charge in [-0.1, -0.05) is 111 Å². The second kappa shape index (κ2) is 8.60. The highest BCUT2D eigenvalue weighted by Crippen LogP contribution is 2.50. The molecule has 0 radical (unpaired) electrons. The van der Waals surface area contributed by atoms with Gasteiger partial charge in [0, 0.05) is 22.5 Å². The third-order valence-electron chi connectivity index (χ3n) is 7.31. The van der Waals surface area contributed by atoms with Gasteiger partial charge in [0.25, 0.3) is 0 Å². The molecule has 35 heavy (non-hydrogen) atoms. The molecule has 1 aliphatic rings. The van der Waals surface area contributed by atoms with Crippen LogP contribution in [0.5, 0.6) is 0 Å². The fourth-order valence-corrected chi connectivity index (χ4v) is 5.53. The lowest BCUT2D eigenvalue weighted by atomic mass is 9.82. The van der Waals surface area contributed by atoms with E-state index in [1.165, 1.54) is 50.4 Å². The normalized spacial score (nSPS) is 13.2. The Morgan fingerprint density at radius 3 is 1.97 bits per heavy atom. The molecular formula is C34H29N. The highest BCUT2D eigenvalue weighted by Gasteiger charge is 2.35. The molecule has 0 saturated carbocycles. The monoisotopic (exact) mass is 451 g/mol. The summed E-state index contributed by atoms with van der Waals surface area (Å²) in [6.07, 6.45) is 0.891. The highest BCUT2D eigenvalue weighted by atomic mass is 15.1. The van der Waals surface area contributed by atoms with Crippen molar-refractivity contribution in [1.82, 2.24) is 0 Å². The van der Waals surface area contributed by atoms with Crippen molar-refractivity contribution in [3.63, 3.8) is 0 Å². The minimum Gasteiger partial charge on any atom is -0.310 e. The molecule has 1 nitrogen and oxygen atoms in total. The van der Waals surface area contributed by atoms with Crippen LogP contribution in [0.25, 0.3) is 11.1 Å².